The van der Waals surface area contributed by atoms with E-state index in [-0.39, 0.29) is 5.69 Å². The van der Waals surface area contributed by atoms with Crippen LogP contribution < -0.4 is 11.5 Å². The Hall–Kier alpha value is -1.52. The summed E-state index contributed by atoms with van der Waals surface area (Å²) in [5.74, 6) is -0.609. The maximum atomic E-state index is 10.5. The number of nitrogens with one attached hydrogen (secondary N) is 1. The molecule has 0 radical (unpaired) electrons. The van der Waals surface area contributed by atoms with Crippen LogP contribution in [0.2, 0.25) is 0 Å². The van der Waals surface area contributed by atoms with Crippen LogP contribution >= 0.6 is 0 Å². The van der Waals surface area contributed by atoms with Crippen LogP contribution in [-0.2, 0) is 0 Å². The van der Waals surface area contributed by atoms with Gasteiger partial charge in [0.25, 0.3) is 5.91 Å². The van der Waals surface area contributed by atoms with Gasteiger partial charge in [0.15, 0.2) is 5.69 Å². The molecule has 0 saturated heterocycles. The fraction of sp³-hybridized carbons (Fsp3) is 0.429. The van der Waals surface area contributed by atoms with E-state index < -0.39 is 5.91 Å². The number of hydrogen-bond acceptors (Lipinski definition) is 3. The number of rotatable bonds is 1. The first kappa shape index (κ1) is 10.5. The number of carbonyl (C=O) groups excluding carboxylic acids is 1. The molecule has 1 aromatic heterocycles. The first-order valence-electron chi connectivity index (χ1n) is 3.73. The lowest BCUT2D eigenvalue weighted by molar-refractivity contribution is 0.0996. The molecule has 1 aromatic rings. The number of primary amides is 1. The molecular weight excluding hydrogens is 156 g/mol. The highest BCUT2D eigenvalue weighted by molar-refractivity contribution is 5.96. The summed E-state index contributed by atoms with van der Waals surface area (Å²) >= 11 is 0. The second-order valence-corrected chi connectivity index (χ2v) is 1.98. The molecule has 0 aliphatic carbocycles. The Bertz CT molecular complexity index is 266. The molecule has 0 fully saturated rings. The maximum Gasteiger partial charge on any atom is 0.271 e. The average Bonchev–Trinajstić information content (AvgIpc) is 2.37. The topological polar surface area (TPSA) is 97.8 Å². The third-order valence-electron chi connectivity index (χ3n) is 1.23. The SMILES string of the molecule is CC.Cc1[nH]nc(C(N)=O)c1N. The summed E-state index contributed by atoms with van der Waals surface area (Å²) in [6, 6.07) is 0. The van der Waals surface area contributed by atoms with E-state index in [4.69, 9.17) is 11.5 Å². The molecule has 68 valence electrons. The van der Waals surface area contributed by atoms with Crippen molar-refractivity contribution in [3.05, 3.63) is 11.4 Å². The van der Waals surface area contributed by atoms with Crippen molar-refractivity contribution in [1.82, 2.24) is 10.2 Å². The molecule has 5 heteroatoms. The standard InChI is InChI=1S/C5H8N4O.C2H6/c1-2-3(6)4(5(7)10)9-8-2;1-2/h6H2,1H3,(H2,7,10)(H,8,9);1-2H3. The molecule has 0 unspecified atom stereocenters. The van der Waals surface area contributed by atoms with Gasteiger partial charge in [0.2, 0.25) is 0 Å². The molecule has 0 bridgehead atoms. The number of aromatic amines is 1. The van der Waals surface area contributed by atoms with Crippen LogP contribution in [0.3, 0.4) is 0 Å². The van der Waals surface area contributed by atoms with Gasteiger partial charge in [-0.3, -0.25) is 9.89 Å². The predicted octanol–water partition coefficient (Wildman–Crippen LogP) is 0.425. The predicted molar refractivity (Wildman–Crippen MR) is 47.6 cm³/mol. The van der Waals surface area contributed by atoms with Crippen LogP contribution in [0.15, 0.2) is 0 Å². The third kappa shape index (κ3) is 1.98. The molecule has 5 N–H and O–H groups in total. The number of nitrogens with zero attached hydrogens (tertiary/aromatic N) is 1. The van der Waals surface area contributed by atoms with E-state index in [1.807, 2.05) is 13.8 Å². The van der Waals surface area contributed by atoms with Gasteiger partial charge in [-0.1, -0.05) is 13.8 Å². The quantitative estimate of drug-likeness (QED) is 0.569. The second kappa shape index (κ2) is 4.38. The van der Waals surface area contributed by atoms with Gasteiger partial charge in [0, 0.05) is 0 Å². The number of aromatic nitrogens is 2. The van der Waals surface area contributed by atoms with E-state index in [2.05, 4.69) is 10.2 Å². The number of anilines is 1. The van der Waals surface area contributed by atoms with Gasteiger partial charge in [-0.15, -0.1) is 0 Å². The van der Waals surface area contributed by atoms with Crippen LogP contribution in [0.5, 0.6) is 0 Å². The van der Waals surface area contributed by atoms with Crippen molar-refractivity contribution in [2.45, 2.75) is 20.8 Å². The molecule has 1 amide bonds. The lowest BCUT2D eigenvalue weighted by atomic mass is 10.3. The van der Waals surface area contributed by atoms with Crippen LogP contribution in [0.4, 0.5) is 5.69 Å². The summed E-state index contributed by atoms with van der Waals surface area (Å²) in [4.78, 5) is 10.5. The number of aryl methyl sites for hydroxylation is 1. The normalized spacial score (nSPS) is 8.58. The fourth-order valence-electron chi connectivity index (χ4n) is 0.626. The first-order chi connectivity index (χ1) is 5.63. The number of H-pyrrole nitrogens is 1. The van der Waals surface area contributed by atoms with Crippen molar-refractivity contribution < 1.29 is 4.79 Å². The lowest BCUT2D eigenvalue weighted by Gasteiger charge is -1.88. The van der Waals surface area contributed by atoms with Crippen molar-refractivity contribution in [2.24, 2.45) is 5.73 Å². The van der Waals surface area contributed by atoms with Gasteiger partial charge in [0.05, 0.1) is 11.4 Å². The minimum atomic E-state index is -0.609. The summed E-state index contributed by atoms with van der Waals surface area (Å²) < 4.78 is 0. The molecule has 1 rings (SSSR count). The average molecular weight is 170 g/mol. The Labute approximate surface area is 71.1 Å². The summed E-state index contributed by atoms with van der Waals surface area (Å²) in [5, 5.41) is 6.13. The van der Waals surface area contributed by atoms with E-state index in [9.17, 15) is 4.79 Å². The van der Waals surface area contributed by atoms with Crippen molar-refractivity contribution in [3.63, 3.8) is 0 Å². The van der Waals surface area contributed by atoms with Gasteiger partial charge in [-0.25, -0.2) is 0 Å². The van der Waals surface area contributed by atoms with Gasteiger partial charge in [-0.05, 0) is 6.92 Å². The van der Waals surface area contributed by atoms with Crippen molar-refractivity contribution in [3.8, 4) is 0 Å². The third-order valence-corrected chi connectivity index (χ3v) is 1.23. The molecular formula is C7H14N4O. The second-order valence-electron chi connectivity index (χ2n) is 1.98. The monoisotopic (exact) mass is 170 g/mol. The van der Waals surface area contributed by atoms with E-state index in [0.717, 1.165) is 0 Å². The van der Waals surface area contributed by atoms with Crippen molar-refractivity contribution in [2.75, 3.05) is 5.73 Å². The molecule has 1 heterocycles. The molecule has 5 nitrogen and oxygen atoms in total. The minimum absolute atomic E-state index is 0.109. The zero-order valence-corrected chi connectivity index (χ0v) is 7.51. The molecule has 12 heavy (non-hydrogen) atoms. The number of hydrogen-bond donors (Lipinski definition) is 3. The van der Waals surface area contributed by atoms with E-state index in [1.165, 1.54) is 0 Å². The number of carbonyl (C=O) groups is 1. The number of amides is 1. The molecule has 0 atom stereocenters. The highest BCUT2D eigenvalue weighted by atomic mass is 16.1. The Morgan fingerprint density at radius 2 is 2.00 bits per heavy atom. The minimum Gasteiger partial charge on any atom is -0.395 e. The zero-order chi connectivity index (χ0) is 9.72. The molecule has 0 saturated carbocycles. The number of nitrogen functional groups attached to an aromatic ring is 1. The first-order valence-corrected chi connectivity index (χ1v) is 3.73. The van der Waals surface area contributed by atoms with E-state index in [0.29, 0.717) is 11.4 Å². The lowest BCUT2D eigenvalue weighted by Crippen LogP contribution is -2.13. The Morgan fingerprint density at radius 1 is 1.50 bits per heavy atom. The van der Waals surface area contributed by atoms with Crippen molar-refractivity contribution in [1.29, 1.82) is 0 Å². The summed E-state index contributed by atoms with van der Waals surface area (Å²) in [5.41, 5.74) is 11.4. The van der Waals surface area contributed by atoms with Gasteiger partial charge < -0.3 is 11.5 Å². The highest BCUT2D eigenvalue weighted by Gasteiger charge is 2.10. The Balaban J connectivity index is 0.000000561. The van der Waals surface area contributed by atoms with Crippen LogP contribution in [0, 0.1) is 6.92 Å². The molecule has 0 aliphatic heterocycles. The molecule has 0 aromatic carbocycles. The molecule has 0 spiro atoms. The smallest absolute Gasteiger partial charge is 0.271 e. The van der Waals surface area contributed by atoms with Crippen LogP contribution in [0.25, 0.3) is 0 Å². The Kier molecular flexibility index (Phi) is 3.82. The van der Waals surface area contributed by atoms with Gasteiger partial charge in [-0.2, -0.15) is 5.10 Å². The fourth-order valence-corrected chi connectivity index (χ4v) is 0.626. The summed E-state index contributed by atoms with van der Waals surface area (Å²) in [7, 11) is 0. The summed E-state index contributed by atoms with van der Waals surface area (Å²) in [6.07, 6.45) is 0. The van der Waals surface area contributed by atoms with Crippen LogP contribution in [0.1, 0.15) is 30.0 Å². The van der Waals surface area contributed by atoms with E-state index in [1.54, 1.807) is 6.92 Å². The number of nitrogens with two attached hydrogens (primary N) is 2. The van der Waals surface area contributed by atoms with E-state index >= 15 is 0 Å². The van der Waals surface area contributed by atoms with Crippen LogP contribution in [-0.4, -0.2) is 16.1 Å². The summed E-state index contributed by atoms with van der Waals surface area (Å²) in [6.45, 7) is 5.72. The maximum absolute atomic E-state index is 10.5. The van der Waals surface area contributed by atoms with Gasteiger partial charge >= 0.3 is 0 Å². The molecule has 0 aliphatic rings. The van der Waals surface area contributed by atoms with Gasteiger partial charge in [0.1, 0.15) is 0 Å². The highest BCUT2D eigenvalue weighted by Crippen LogP contribution is 2.10. The largest absolute Gasteiger partial charge is 0.395 e. The van der Waals surface area contributed by atoms with Crippen molar-refractivity contribution >= 4 is 11.6 Å². The zero-order valence-electron chi connectivity index (χ0n) is 7.51. The Morgan fingerprint density at radius 3 is 2.17 bits per heavy atom.